The lowest BCUT2D eigenvalue weighted by atomic mass is 9.87. The van der Waals surface area contributed by atoms with Crippen molar-refractivity contribution in [2.45, 2.75) is 18.5 Å². The molecule has 0 aromatic heterocycles. The van der Waals surface area contributed by atoms with E-state index in [9.17, 15) is 0 Å². The van der Waals surface area contributed by atoms with Crippen molar-refractivity contribution >= 4 is 5.69 Å². The van der Waals surface area contributed by atoms with Gasteiger partial charge in [-0.1, -0.05) is 12.1 Å². The van der Waals surface area contributed by atoms with E-state index in [0.717, 1.165) is 45.9 Å². The highest BCUT2D eigenvalue weighted by molar-refractivity contribution is 5.49. The molecule has 3 saturated heterocycles. The van der Waals surface area contributed by atoms with E-state index in [1.54, 1.807) is 0 Å². The number of benzene rings is 1. The summed E-state index contributed by atoms with van der Waals surface area (Å²) >= 11 is 0. The van der Waals surface area contributed by atoms with Crippen LogP contribution in [0.3, 0.4) is 0 Å². The third kappa shape index (κ3) is 2.74. The Morgan fingerprint density at radius 3 is 2.95 bits per heavy atom. The maximum Gasteiger partial charge on any atom is 0.0741 e. The first-order valence-electron chi connectivity index (χ1n) is 8.33. The zero-order valence-corrected chi connectivity index (χ0v) is 13.2. The fourth-order valence-corrected chi connectivity index (χ4v) is 3.89. The van der Waals surface area contributed by atoms with Crippen LogP contribution in [0, 0.1) is 5.92 Å². The summed E-state index contributed by atoms with van der Waals surface area (Å²) in [5.41, 5.74) is 2.71. The topological polar surface area (TPSA) is 37.0 Å². The Labute approximate surface area is 132 Å². The summed E-state index contributed by atoms with van der Waals surface area (Å²) in [6.07, 6.45) is 1.12. The van der Waals surface area contributed by atoms with Gasteiger partial charge in [0.05, 0.1) is 19.8 Å². The van der Waals surface area contributed by atoms with Crippen LogP contribution in [-0.4, -0.2) is 57.6 Å². The van der Waals surface area contributed by atoms with Gasteiger partial charge >= 0.3 is 0 Å². The van der Waals surface area contributed by atoms with Crippen molar-refractivity contribution in [1.82, 2.24) is 10.4 Å². The van der Waals surface area contributed by atoms with Gasteiger partial charge in [-0.3, -0.25) is 4.84 Å². The zero-order chi connectivity index (χ0) is 14.9. The molecule has 5 heteroatoms. The number of hydrogen-bond donors (Lipinski definition) is 1. The third-order valence-corrected chi connectivity index (χ3v) is 5.26. The van der Waals surface area contributed by atoms with Crippen LogP contribution >= 0.6 is 0 Å². The number of fused-ring (bicyclic) bond motifs is 1. The molecular formula is C17H25N3O2. The summed E-state index contributed by atoms with van der Waals surface area (Å²) in [5, 5.41) is 5.77. The van der Waals surface area contributed by atoms with Crippen molar-refractivity contribution in [3.05, 3.63) is 29.8 Å². The Morgan fingerprint density at radius 1 is 1.23 bits per heavy atom. The molecule has 0 saturated carbocycles. The number of ether oxygens (including phenoxy) is 1. The van der Waals surface area contributed by atoms with Gasteiger partial charge in [0.2, 0.25) is 0 Å². The van der Waals surface area contributed by atoms with Crippen LogP contribution < -0.4 is 10.2 Å². The van der Waals surface area contributed by atoms with Crippen LogP contribution in [0.4, 0.5) is 5.69 Å². The van der Waals surface area contributed by atoms with Crippen molar-refractivity contribution in [1.29, 1.82) is 0 Å². The van der Waals surface area contributed by atoms with Crippen LogP contribution in [0.5, 0.6) is 0 Å². The number of rotatable bonds is 2. The summed E-state index contributed by atoms with van der Waals surface area (Å²) in [5.74, 6) is 0.628. The molecule has 0 radical (unpaired) electrons. The Hall–Kier alpha value is -1.14. The molecule has 4 rings (SSSR count). The van der Waals surface area contributed by atoms with Crippen molar-refractivity contribution in [3.8, 4) is 0 Å². The predicted molar refractivity (Wildman–Crippen MR) is 85.8 cm³/mol. The molecule has 3 fully saturated rings. The van der Waals surface area contributed by atoms with Gasteiger partial charge in [-0.15, -0.1) is 0 Å². The monoisotopic (exact) mass is 303 g/mol. The van der Waals surface area contributed by atoms with E-state index in [1.165, 1.54) is 11.3 Å². The molecule has 0 amide bonds. The van der Waals surface area contributed by atoms with Crippen LogP contribution in [0.1, 0.15) is 18.0 Å². The molecule has 120 valence electrons. The van der Waals surface area contributed by atoms with Crippen molar-refractivity contribution in [2.24, 2.45) is 5.92 Å². The first-order valence-corrected chi connectivity index (χ1v) is 8.33. The third-order valence-electron chi connectivity index (χ3n) is 5.26. The Balaban J connectivity index is 1.50. The van der Waals surface area contributed by atoms with Gasteiger partial charge in [-0.25, -0.2) is 0 Å². The first-order chi connectivity index (χ1) is 10.8. The number of nitrogens with one attached hydrogen (secondary N) is 1. The number of morpholine rings is 1. The Kier molecular flexibility index (Phi) is 4.05. The number of piperidine rings is 1. The summed E-state index contributed by atoms with van der Waals surface area (Å²) in [6, 6.07) is 9.95. The van der Waals surface area contributed by atoms with Gasteiger partial charge in [0, 0.05) is 50.4 Å². The number of hydrogen-bond acceptors (Lipinski definition) is 5. The molecule has 0 aliphatic carbocycles. The standard InChI is InChI=1S/C17H25N3O2/c1-19-17-10-16(18-11-14(17)12-22-19)13-3-2-4-15(9-13)20-5-7-21-8-6-20/h2-4,9,14,16-18H,5-8,10-12H2,1H3/t14-,16-,17-/m0/s1. The van der Waals surface area contributed by atoms with Crippen LogP contribution in [0.15, 0.2) is 24.3 Å². The molecule has 1 aromatic rings. The van der Waals surface area contributed by atoms with Gasteiger partial charge in [0.25, 0.3) is 0 Å². The highest BCUT2D eigenvalue weighted by Gasteiger charge is 2.38. The fourth-order valence-electron chi connectivity index (χ4n) is 3.89. The second-order valence-electron chi connectivity index (χ2n) is 6.56. The van der Waals surface area contributed by atoms with E-state index in [1.807, 2.05) is 0 Å². The van der Waals surface area contributed by atoms with E-state index in [-0.39, 0.29) is 0 Å². The minimum Gasteiger partial charge on any atom is -0.378 e. The lowest BCUT2D eigenvalue weighted by Gasteiger charge is -2.35. The molecule has 3 atom stereocenters. The molecule has 3 aliphatic heterocycles. The quantitative estimate of drug-likeness (QED) is 0.894. The average molecular weight is 303 g/mol. The maximum atomic E-state index is 5.67. The second-order valence-corrected chi connectivity index (χ2v) is 6.56. The molecule has 5 nitrogen and oxygen atoms in total. The molecule has 1 aromatic carbocycles. The lowest BCUT2D eigenvalue weighted by Crippen LogP contribution is -2.44. The fraction of sp³-hybridized carbons (Fsp3) is 0.647. The van der Waals surface area contributed by atoms with E-state index in [4.69, 9.17) is 9.57 Å². The van der Waals surface area contributed by atoms with Crippen LogP contribution in [0.2, 0.25) is 0 Å². The molecule has 0 unspecified atom stereocenters. The lowest BCUT2D eigenvalue weighted by molar-refractivity contribution is -0.112. The van der Waals surface area contributed by atoms with Crippen molar-refractivity contribution in [3.63, 3.8) is 0 Å². The number of hydroxylamine groups is 2. The normalized spacial score (nSPS) is 33.0. The maximum absolute atomic E-state index is 5.67. The van der Waals surface area contributed by atoms with Crippen LogP contribution in [0.25, 0.3) is 0 Å². The first kappa shape index (κ1) is 14.5. The van der Waals surface area contributed by atoms with Gasteiger partial charge in [0.1, 0.15) is 0 Å². The zero-order valence-electron chi connectivity index (χ0n) is 13.2. The predicted octanol–water partition coefficient (Wildman–Crippen LogP) is 1.42. The summed E-state index contributed by atoms with van der Waals surface area (Å²) in [7, 11) is 2.07. The molecule has 3 aliphatic rings. The Morgan fingerprint density at radius 2 is 2.09 bits per heavy atom. The van der Waals surface area contributed by atoms with Gasteiger partial charge in [-0.2, -0.15) is 5.06 Å². The van der Waals surface area contributed by atoms with Gasteiger partial charge in [0.15, 0.2) is 0 Å². The summed E-state index contributed by atoms with van der Waals surface area (Å²) < 4.78 is 5.45. The summed E-state index contributed by atoms with van der Waals surface area (Å²) in [6.45, 7) is 5.54. The molecule has 3 heterocycles. The minimum atomic E-state index is 0.423. The van der Waals surface area contributed by atoms with E-state index >= 15 is 0 Å². The highest BCUT2D eigenvalue weighted by atomic mass is 16.7. The highest BCUT2D eigenvalue weighted by Crippen LogP contribution is 2.34. The molecule has 0 bridgehead atoms. The smallest absolute Gasteiger partial charge is 0.0741 e. The SMILES string of the molecule is CN1OC[C@@H]2CN[C@H](c3cccc(N4CCOCC4)c3)C[C@@H]21. The molecular weight excluding hydrogens is 278 g/mol. The van der Waals surface area contributed by atoms with Gasteiger partial charge in [-0.05, 0) is 24.1 Å². The van der Waals surface area contributed by atoms with Crippen LogP contribution in [-0.2, 0) is 9.57 Å². The van der Waals surface area contributed by atoms with E-state index in [0.29, 0.717) is 18.0 Å². The second kappa shape index (κ2) is 6.16. The van der Waals surface area contributed by atoms with E-state index in [2.05, 4.69) is 46.6 Å². The molecule has 0 spiro atoms. The Bertz CT molecular complexity index is 518. The summed E-state index contributed by atoms with van der Waals surface area (Å²) in [4.78, 5) is 8.09. The van der Waals surface area contributed by atoms with Crippen molar-refractivity contribution < 1.29 is 9.57 Å². The largest absolute Gasteiger partial charge is 0.378 e. The van der Waals surface area contributed by atoms with Gasteiger partial charge < -0.3 is 15.0 Å². The average Bonchev–Trinajstić information content (AvgIpc) is 2.96. The van der Waals surface area contributed by atoms with E-state index < -0.39 is 0 Å². The minimum absolute atomic E-state index is 0.423. The van der Waals surface area contributed by atoms with Crippen molar-refractivity contribution in [2.75, 3.05) is 51.4 Å². The molecule has 22 heavy (non-hydrogen) atoms. The number of nitrogens with zero attached hydrogens (tertiary/aromatic N) is 2. The number of anilines is 1. The molecule has 1 N–H and O–H groups in total.